The number of likely N-dealkylation sites (tertiary alicyclic amines) is 1. The lowest BCUT2D eigenvalue weighted by Crippen LogP contribution is -2.66. The van der Waals surface area contributed by atoms with Crippen LogP contribution in [-0.2, 0) is 49.3 Å². The maximum atomic E-state index is 14.5. The van der Waals surface area contributed by atoms with E-state index in [0.717, 1.165) is 32.1 Å². The molecule has 2 heterocycles. The van der Waals surface area contributed by atoms with Crippen LogP contribution in [0, 0.1) is 28.6 Å². The Morgan fingerprint density at radius 1 is 0.783 bits per heavy atom. The number of aryl methyl sites for hydroxylation is 1. The third-order valence-electron chi connectivity index (χ3n) is 16.5. The highest BCUT2D eigenvalue weighted by molar-refractivity contribution is 6.47. The van der Waals surface area contributed by atoms with Crippen molar-refractivity contribution in [2.45, 2.75) is 205 Å². The fourth-order valence-corrected chi connectivity index (χ4v) is 11.7. The van der Waals surface area contributed by atoms with Gasteiger partial charge in [-0.2, -0.15) is 0 Å². The lowest BCUT2D eigenvalue weighted by atomic mass is 9.39. The highest BCUT2D eigenvalue weighted by Crippen LogP contribution is 2.69. The number of carbonyl (C=O) groups excluding carboxylic acids is 5. The van der Waals surface area contributed by atoms with Gasteiger partial charge < -0.3 is 51.4 Å². The van der Waals surface area contributed by atoms with E-state index in [2.05, 4.69) is 66.3 Å². The number of nitrogens with two attached hydrogens (primary N) is 1. The summed E-state index contributed by atoms with van der Waals surface area (Å²) in [6.45, 7) is 14.1. The summed E-state index contributed by atoms with van der Waals surface area (Å²) in [4.78, 5) is 93.4. The first kappa shape index (κ1) is 53.8. The van der Waals surface area contributed by atoms with Crippen molar-refractivity contribution in [3.63, 3.8) is 0 Å². The number of amides is 5. The SMILES string of the molecule is CC(C)[C@H](NC(=O)[C@H](CCC(=O)O)NC(=O)[C@@H](N)CC(=O)O)C(=O)N[C@H](C(=O)N1CCC[C@H]1C(=O)N[C@@H](CCCCc1ccc(C2CCCCC2)cc1)B1O[C@@H]2[C@@H](C[C@@H]3C[C@@]2(C)C3(C)C)O1)C(C)C. The standard InChI is InChI=1S/C51H79BN6O11/c1-29(2)42(56-46(64)36(23-24-40(59)60)54-45(63)35(53)27-41(61)62)48(66)57-43(30(3)4)49(67)58-25-13-17-37(58)47(65)55-39(52-68-38-26-34-28-51(7,44(38)69-52)50(34,5)6)18-12-11-14-31-19-21-33(22-20-31)32-15-9-8-10-16-32/h19-22,29-30,32,34-39,42-44H,8-18,23-28,53H2,1-7H3,(H,54,63)(H,55,65)(H,56,64)(H,57,66)(H,59,60)(H,61,62)/t34-,35+,36+,37+,38-,39+,42+,43+,44-,51-/m1/s1. The maximum absolute atomic E-state index is 14.5. The van der Waals surface area contributed by atoms with E-state index in [4.69, 9.17) is 20.1 Å². The molecule has 8 N–H and O–H groups in total. The first-order valence-corrected chi connectivity index (χ1v) is 25.7. The summed E-state index contributed by atoms with van der Waals surface area (Å²) in [7, 11) is -0.638. The molecule has 2 bridgehead atoms. The molecule has 18 heteroatoms. The molecule has 1 aromatic carbocycles. The summed E-state index contributed by atoms with van der Waals surface area (Å²) in [6.07, 6.45) is 11.0. The van der Waals surface area contributed by atoms with Crippen LogP contribution in [0.4, 0.5) is 0 Å². The van der Waals surface area contributed by atoms with Crippen molar-refractivity contribution < 1.29 is 53.1 Å². The Morgan fingerprint density at radius 3 is 2.07 bits per heavy atom. The van der Waals surface area contributed by atoms with E-state index in [-0.39, 0.29) is 35.4 Å². The van der Waals surface area contributed by atoms with Gasteiger partial charge in [-0.15, -0.1) is 0 Å². The topological polar surface area (TPSA) is 256 Å². The molecule has 7 rings (SSSR count). The number of benzene rings is 1. The highest BCUT2D eigenvalue weighted by Gasteiger charge is 2.69. The van der Waals surface area contributed by atoms with Crippen molar-refractivity contribution in [2.75, 3.05) is 6.54 Å². The predicted octanol–water partition coefficient (Wildman–Crippen LogP) is 4.62. The van der Waals surface area contributed by atoms with Crippen LogP contribution >= 0.6 is 0 Å². The molecule has 1 aromatic rings. The minimum Gasteiger partial charge on any atom is -0.481 e. The molecule has 10 atom stereocenters. The second-order valence-electron chi connectivity index (χ2n) is 22.2. The Balaban J connectivity index is 1.11. The molecule has 382 valence electrons. The van der Waals surface area contributed by atoms with Crippen molar-refractivity contribution in [2.24, 2.45) is 34.3 Å². The van der Waals surface area contributed by atoms with Crippen LogP contribution in [0.5, 0.6) is 0 Å². The molecule has 2 saturated heterocycles. The number of carbonyl (C=O) groups is 7. The fraction of sp³-hybridized carbons (Fsp3) is 0.745. The van der Waals surface area contributed by atoms with Crippen molar-refractivity contribution in [1.29, 1.82) is 0 Å². The smallest absolute Gasteiger partial charge is 0.481 e. The molecular weight excluding hydrogens is 883 g/mol. The van der Waals surface area contributed by atoms with Gasteiger partial charge in [-0.1, -0.05) is 98.4 Å². The molecule has 69 heavy (non-hydrogen) atoms. The van der Waals surface area contributed by atoms with Gasteiger partial charge in [0.1, 0.15) is 24.2 Å². The number of hydrogen-bond donors (Lipinski definition) is 7. The second kappa shape index (κ2) is 23.1. The molecule has 0 radical (unpaired) electrons. The lowest BCUT2D eigenvalue weighted by Gasteiger charge is -2.67. The zero-order valence-electron chi connectivity index (χ0n) is 41.9. The van der Waals surface area contributed by atoms with Gasteiger partial charge in [-0.05, 0) is 104 Å². The van der Waals surface area contributed by atoms with E-state index in [0.29, 0.717) is 37.6 Å². The van der Waals surface area contributed by atoms with Crippen LogP contribution in [0.2, 0.25) is 0 Å². The van der Waals surface area contributed by atoms with Gasteiger partial charge in [0.25, 0.3) is 0 Å². The predicted molar refractivity (Wildman–Crippen MR) is 259 cm³/mol. The second-order valence-corrected chi connectivity index (χ2v) is 22.2. The number of nitrogens with one attached hydrogen (secondary N) is 4. The van der Waals surface area contributed by atoms with E-state index in [1.807, 2.05) is 0 Å². The van der Waals surface area contributed by atoms with Gasteiger partial charge in [0.15, 0.2) is 0 Å². The van der Waals surface area contributed by atoms with Crippen molar-refractivity contribution in [1.82, 2.24) is 26.2 Å². The van der Waals surface area contributed by atoms with E-state index in [9.17, 15) is 38.7 Å². The average molecular weight is 963 g/mol. The summed E-state index contributed by atoms with van der Waals surface area (Å²) in [5, 5.41) is 29.4. The highest BCUT2D eigenvalue weighted by atomic mass is 16.7. The minimum atomic E-state index is -1.51. The van der Waals surface area contributed by atoms with Gasteiger partial charge in [0.2, 0.25) is 29.5 Å². The van der Waals surface area contributed by atoms with E-state index in [1.54, 1.807) is 27.7 Å². The monoisotopic (exact) mass is 963 g/mol. The number of carboxylic acid groups (broad SMARTS) is 2. The minimum absolute atomic E-state index is 0.0362. The first-order chi connectivity index (χ1) is 32.6. The zero-order valence-corrected chi connectivity index (χ0v) is 41.9. The van der Waals surface area contributed by atoms with Crippen LogP contribution in [-0.4, -0.2) is 119 Å². The zero-order chi connectivity index (χ0) is 50.4. The van der Waals surface area contributed by atoms with Gasteiger partial charge >= 0.3 is 19.1 Å². The lowest BCUT2D eigenvalue weighted by molar-refractivity contribution is -0.220. The Morgan fingerprint density at radius 2 is 1.45 bits per heavy atom. The molecule has 17 nitrogen and oxygen atoms in total. The van der Waals surface area contributed by atoms with Crippen LogP contribution in [0.1, 0.15) is 162 Å². The van der Waals surface area contributed by atoms with Crippen molar-refractivity contribution in [3.05, 3.63) is 35.4 Å². The molecule has 4 aliphatic carbocycles. The summed E-state index contributed by atoms with van der Waals surface area (Å²) in [6, 6.07) is 3.05. The maximum Gasteiger partial charge on any atom is 0.481 e. The number of rotatable bonds is 23. The van der Waals surface area contributed by atoms with Crippen molar-refractivity contribution in [3.8, 4) is 0 Å². The first-order valence-electron chi connectivity index (χ1n) is 25.7. The summed E-state index contributed by atoms with van der Waals surface area (Å²) >= 11 is 0. The fourth-order valence-electron chi connectivity index (χ4n) is 11.7. The Hall–Kier alpha value is -4.55. The molecule has 2 aliphatic heterocycles. The molecule has 0 unspecified atom stereocenters. The van der Waals surface area contributed by atoms with Gasteiger partial charge in [-0.3, -0.25) is 33.6 Å². The van der Waals surface area contributed by atoms with Crippen LogP contribution in [0.25, 0.3) is 0 Å². The number of unbranched alkanes of at least 4 members (excludes halogenated alkanes) is 1. The Bertz CT molecular complexity index is 2010. The normalized spacial score (nSPS) is 26.2. The van der Waals surface area contributed by atoms with Gasteiger partial charge in [0.05, 0.1) is 30.6 Å². The van der Waals surface area contributed by atoms with Gasteiger partial charge in [-0.25, -0.2) is 0 Å². The average Bonchev–Trinajstić information content (AvgIpc) is 3.98. The van der Waals surface area contributed by atoms with Crippen LogP contribution < -0.4 is 27.0 Å². The number of hydrogen-bond acceptors (Lipinski definition) is 10. The number of carboxylic acids is 2. The van der Waals surface area contributed by atoms with Gasteiger partial charge in [0, 0.05) is 18.4 Å². The summed E-state index contributed by atoms with van der Waals surface area (Å²) in [5.74, 6) is -6.08. The Labute approximate surface area is 408 Å². The van der Waals surface area contributed by atoms with Crippen LogP contribution in [0.15, 0.2) is 24.3 Å². The van der Waals surface area contributed by atoms with E-state index in [1.165, 1.54) is 48.1 Å². The molecule has 6 fully saturated rings. The molecule has 0 aromatic heterocycles. The molecule has 5 amide bonds. The van der Waals surface area contributed by atoms with E-state index >= 15 is 0 Å². The van der Waals surface area contributed by atoms with E-state index < -0.39 is 104 Å². The van der Waals surface area contributed by atoms with Crippen molar-refractivity contribution >= 4 is 48.6 Å². The molecular formula is C51H79BN6O11. The quantitative estimate of drug-likeness (QED) is 0.0586. The molecule has 6 aliphatic rings. The number of aliphatic carboxylic acids is 2. The molecule has 4 saturated carbocycles. The number of nitrogens with zero attached hydrogens (tertiary/aromatic N) is 1. The van der Waals surface area contributed by atoms with Crippen LogP contribution in [0.3, 0.4) is 0 Å². The third kappa shape index (κ3) is 12.7. The third-order valence-corrected chi connectivity index (χ3v) is 16.5. The molecule has 0 spiro atoms. The summed E-state index contributed by atoms with van der Waals surface area (Å²) in [5.41, 5.74) is 8.50. The Kier molecular flexibility index (Phi) is 18.0. The largest absolute Gasteiger partial charge is 0.481 e. The summed E-state index contributed by atoms with van der Waals surface area (Å²) < 4.78 is 13.5.